The smallest absolute Gasteiger partial charge is 0.341 e. The molecular weight excluding hydrogens is 274 g/mol. The van der Waals surface area contributed by atoms with E-state index in [4.69, 9.17) is 4.74 Å². The van der Waals surface area contributed by atoms with Gasteiger partial charge >= 0.3 is 5.97 Å². The topological polar surface area (TPSA) is 57.0 Å². The molecule has 3 rings (SSSR count). The van der Waals surface area contributed by atoms with E-state index in [-0.39, 0.29) is 12.1 Å². The summed E-state index contributed by atoms with van der Waals surface area (Å²) in [6, 6.07) is 0. The van der Waals surface area contributed by atoms with E-state index in [0.29, 0.717) is 5.56 Å². The molecule has 0 N–H and O–H groups in total. The molecule has 0 saturated carbocycles. The van der Waals surface area contributed by atoms with E-state index in [1.807, 2.05) is 0 Å². The average molecular weight is 291 g/mol. The van der Waals surface area contributed by atoms with Gasteiger partial charge in [-0.25, -0.2) is 9.78 Å². The first kappa shape index (κ1) is 13.3. The SMILES string of the molecule is CCc1nc2c(s1)C(OC(=O)c1cnn(C)c1)CCC2. The van der Waals surface area contributed by atoms with Crippen LogP contribution in [0.3, 0.4) is 0 Å². The summed E-state index contributed by atoms with van der Waals surface area (Å²) in [7, 11) is 1.78. The van der Waals surface area contributed by atoms with Crippen molar-refractivity contribution in [3.8, 4) is 0 Å². The predicted molar refractivity (Wildman–Crippen MR) is 75.8 cm³/mol. The summed E-state index contributed by atoms with van der Waals surface area (Å²) in [4.78, 5) is 17.9. The first-order chi connectivity index (χ1) is 9.67. The van der Waals surface area contributed by atoms with Gasteiger partial charge in [-0.15, -0.1) is 11.3 Å². The van der Waals surface area contributed by atoms with Crippen LogP contribution < -0.4 is 0 Å². The Kier molecular flexibility index (Phi) is 3.56. The van der Waals surface area contributed by atoms with Crippen molar-refractivity contribution in [2.24, 2.45) is 7.05 Å². The molecule has 1 unspecified atom stereocenters. The first-order valence-corrected chi connectivity index (χ1v) is 7.67. The molecule has 0 aliphatic heterocycles. The number of ether oxygens (including phenoxy) is 1. The maximum Gasteiger partial charge on any atom is 0.341 e. The van der Waals surface area contributed by atoms with Crippen LogP contribution in [0.4, 0.5) is 0 Å². The van der Waals surface area contributed by atoms with Gasteiger partial charge in [-0.3, -0.25) is 4.68 Å². The summed E-state index contributed by atoms with van der Waals surface area (Å²) < 4.78 is 7.26. The number of aryl methyl sites for hydroxylation is 3. The van der Waals surface area contributed by atoms with Crippen molar-refractivity contribution in [2.45, 2.75) is 38.7 Å². The monoisotopic (exact) mass is 291 g/mol. The van der Waals surface area contributed by atoms with Gasteiger partial charge < -0.3 is 4.74 Å². The lowest BCUT2D eigenvalue weighted by molar-refractivity contribution is 0.0265. The Hall–Kier alpha value is -1.69. The van der Waals surface area contributed by atoms with E-state index in [0.717, 1.165) is 41.3 Å². The van der Waals surface area contributed by atoms with Crippen LogP contribution in [-0.2, 0) is 24.6 Å². The molecule has 0 spiro atoms. The number of carbonyl (C=O) groups excluding carboxylic acids is 1. The van der Waals surface area contributed by atoms with E-state index in [1.165, 1.54) is 6.20 Å². The van der Waals surface area contributed by atoms with Gasteiger partial charge in [0.2, 0.25) is 0 Å². The zero-order valence-corrected chi connectivity index (χ0v) is 12.4. The Morgan fingerprint density at radius 2 is 2.45 bits per heavy atom. The lowest BCUT2D eigenvalue weighted by atomic mass is 10.0. The summed E-state index contributed by atoms with van der Waals surface area (Å²) >= 11 is 1.68. The molecule has 1 atom stereocenters. The van der Waals surface area contributed by atoms with Gasteiger partial charge in [0.15, 0.2) is 0 Å². The second-order valence-corrected chi connectivity index (χ2v) is 6.08. The molecule has 1 aliphatic carbocycles. The molecule has 6 heteroatoms. The molecule has 0 amide bonds. The van der Waals surface area contributed by atoms with Gasteiger partial charge in [-0.1, -0.05) is 6.92 Å². The molecule has 0 bridgehead atoms. The standard InChI is InChI=1S/C14H17N3O2S/c1-3-12-16-10-5-4-6-11(13(10)20-12)19-14(18)9-7-15-17(2)8-9/h7-8,11H,3-6H2,1-2H3. The molecule has 106 valence electrons. The highest BCUT2D eigenvalue weighted by Gasteiger charge is 2.28. The van der Waals surface area contributed by atoms with Crippen molar-refractivity contribution in [3.63, 3.8) is 0 Å². The van der Waals surface area contributed by atoms with Gasteiger partial charge in [0.05, 0.1) is 27.3 Å². The van der Waals surface area contributed by atoms with E-state index < -0.39 is 0 Å². The number of esters is 1. The molecular formula is C14H17N3O2S. The minimum atomic E-state index is -0.303. The fraction of sp³-hybridized carbons (Fsp3) is 0.500. The Labute approximate surface area is 121 Å². The van der Waals surface area contributed by atoms with Crippen LogP contribution in [0, 0.1) is 0 Å². The summed E-state index contributed by atoms with van der Waals surface area (Å²) in [5, 5.41) is 5.12. The number of rotatable bonds is 3. The molecule has 2 heterocycles. The largest absolute Gasteiger partial charge is 0.453 e. The second kappa shape index (κ2) is 5.36. The van der Waals surface area contributed by atoms with Gasteiger partial charge in [0.1, 0.15) is 6.10 Å². The number of aromatic nitrogens is 3. The number of hydrogen-bond donors (Lipinski definition) is 0. The zero-order valence-electron chi connectivity index (χ0n) is 11.6. The van der Waals surface area contributed by atoms with Crippen molar-refractivity contribution in [1.82, 2.24) is 14.8 Å². The lowest BCUT2D eigenvalue weighted by Gasteiger charge is -2.21. The van der Waals surface area contributed by atoms with Gasteiger partial charge in [0.25, 0.3) is 0 Å². The Bertz CT molecular complexity index is 632. The van der Waals surface area contributed by atoms with Crippen molar-refractivity contribution in [3.05, 3.63) is 33.5 Å². The third kappa shape index (κ3) is 2.47. The minimum absolute atomic E-state index is 0.149. The Balaban J connectivity index is 1.79. The molecule has 0 fully saturated rings. The van der Waals surface area contributed by atoms with Crippen LogP contribution in [0.15, 0.2) is 12.4 Å². The molecule has 5 nitrogen and oxygen atoms in total. The molecule has 1 aliphatic rings. The van der Waals surface area contributed by atoms with E-state index in [2.05, 4.69) is 17.0 Å². The predicted octanol–water partition coefficient (Wildman–Crippen LogP) is 2.67. The summed E-state index contributed by atoms with van der Waals surface area (Å²) in [5.74, 6) is -0.303. The van der Waals surface area contributed by atoms with Crippen LogP contribution in [-0.4, -0.2) is 20.7 Å². The van der Waals surface area contributed by atoms with Crippen molar-refractivity contribution >= 4 is 17.3 Å². The third-order valence-corrected chi connectivity index (χ3v) is 4.77. The molecule has 2 aromatic rings. The fourth-order valence-corrected chi connectivity index (χ4v) is 3.54. The number of nitrogens with zero attached hydrogens (tertiary/aromatic N) is 3. The van der Waals surface area contributed by atoms with Crippen LogP contribution in [0.2, 0.25) is 0 Å². The number of hydrogen-bond acceptors (Lipinski definition) is 5. The minimum Gasteiger partial charge on any atom is -0.453 e. The van der Waals surface area contributed by atoms with Crippen LogP contribution in [0.25, 0.3) is 0 Å². The van der Waals surface area contributed by atoms with E-state index in [1.54, 1.807) is 29.3 Å². The van der Waals surface area contributed by atoms with Crippen LogP contribution in [0.1, 0.15) is 51.8 Å². The number of fused-ring (bicyclic) bond motifs is 1. The van der Waals surface area contributed by atoms with E-state index >= 15 is 0 Å². The molecule has 2 aromatic heterocycles. The highest BCUT2D eigenvalue weighted by atomic mass is 32.1. The maximum atomic E-state index is 12.1. The maximum absolute atomic E-state index is 12.1. The van der Waals surface area contributed by atoms with Crippen LogP contribution >= 0.6 is 11.3 Å². The van der Waals surface area contributed by atoms with Gasteiger partial charge in [-0.05, 0) is 25.7 Å². The average Bonchev–Trinajstić information content (AvgIpc) is 3.05. The van der Waals surface area contributed by atoms with E-state index in [9.17, 15) is 4.79 Å². The third-order valence-electron chi connectivity index (χ3n) is 3.44. The first-order valence-electron chi connectivity index (χ1n) is 6.85. The Morgan fingerprint density at radius 3 is 3.15 bits per heavy atom. The fourth-order valence-electron chi connectivity index (χ4n) is 2.42. The van der Waals surface area contributed by atoms with Crippen molar-refractivity contribution < 1.29 is 9.53 Å². The number of thiazole rings is 1. The summed E-state index contributed by atoms with van der Waals surface area (Å²) in [6.07, 6.45) is 6.89. The zero-order chi connectivity index (χ0) is 14.1. The highest BCUT2D eigenvalue weighted by molar-refractivity contribution is 7.11. The van der Waals surface area contributed by atoms with Crippen molar-refractivity contribution in [2.75, 3.05) is 0 Å². The molecule has 20 heavy (non-hydrogen) atoms. The van der Waals surface area contributed by atoms with Gasteiger partial charge in [-0.2, -0.15) is 5.10 Å². The summed E-state index contributed by atoms with van der Waals surface area (Å²) in [6.45, 7) is 2.10. The molecule has 0 aromatic carbocycles. The normalized spacial score (nSPS) is 17.8. The highest BCUT2D eigenvalue weighted by Crippen LogP contribution is 2.37. The van der Waals surface area contributed by atoms with Crippen LogP contribution in [0.5, 0.6) is 0 Å². The van der Waals surface area contributed by atoms with Gasteiger partial charge in [0, 0.05) is 13.2 Å². The van der Waals surface area contributed by atoms with Crippen molar-refractivity contribution in [1.29, 1.82) is 0 Å². The number of carbonyl (C=O) groups is 1. The second-order valence-electron chi connectivity index (χ2n) is 4.96. The molecule has 0 radical (unpaired) electrons. The summed E-state index contributed by atoms with van der Waals surface area (Å²) in [5.41, 5.74) is 1.61. The Morgan fingerprint density at radius 1 is 1.60 bits per heavy atom. The quantitative estimate of drug-likeness (QED) is 0.816. The lowest BCUT2D eigenvalue weighted by Crippen LogP contribution is -2.15. The molecule has 0 saturated heterocycles.